The highest BCUT2D eigenvalue weighted by atomic mass is 35.5. The quantitative estimate of drug-likeness (QED) is 0.800. The Morgan fingerprint density at radius 3 is 2.43 bits per heavy atom. The van der Waals surface area contributed by atoms with Crippen LogP contribution in [0.5, 0.6) is 0 Å². The topological polar surface area (TPSA) is 60.9 Å². The van der Waals surface area contributed by atoms with Crippen molar-refractivity contribution >= 4 is 29.2 Å². The van der Waals surface area contributed by atoms with Gasteiger partial charge >= 0.3 is 5.97 Å². The second kappa shape index (κ2) is 9.11. The fourth-order valence-electron chi connectivity index (χ4n) is 3.51. The molecule has 3 rings (SSSR count). The minimum atomic E-state index is -0.700. The molecule has 0 radical (unpaired) electrons. The summed E-state index contributed by atoms with van der Waals surface area (Å²) in [6, 6.07) is 15.5. The van der Waals surface area contributed by atoms with Gasteiger partial charge in [0.25, 0.3) is 0 Å². The van der Waals surface area contributed by atoms with E-state index in [2.05, 4.69) is 11.0 Å². The van der Waals surface area contributed by atoms with E-state index in [0.29, 0.717) is 30.8 Å². The standard InChI is InChI=1S/C22H25ClN2O3/c1-24(21(26)14-16-5-7-19(23)8-6-16)15-17-3-2-4-20(13-17)25-11-9-18(10-12-25)22(27)28/h2-8,13,18H,9-12,14-15H2,1H3,(H,27,28). The number of anilines is 1. The van der Waals surface area contributed by atoms with Crippen LogP contribution in [0.3, 0.4) is 0 Å². The molecule has 148 valence electrons. The second-order valence-electron chi connectivity index (χ2n) is 7.32. The van der Waals surface area contributed by atoms with E-state index >= 15 is 0 Å². The van der Waals surface area contributed by atoms with Crippen LogP contribution in [0.4, 0.5) is 5.69 Å². The molecule has 0 saturated carbocycles. The van der Waals surface area contributed by atoms with Crippen LogP contribution >= 0.6 is 11.6 Å². The molecule has 2 aromatic rings. The van der Waals surface area contributed by atoms with Crippen molar-refractivity contribution in [2.45, 2.75) is 25.8 Å². The van der Waals surface area contributed by atoms with E-state index in [-0.39, 0.29) is 11.8 Å². The molecular weight excluding hydrogens is 376 g/mol. The van der Waals surface area contributed by atoms with Crippen LogP contribution in [0.1, 0.15) is 24.0 Å². The predicted molar refractivity (Wildman–Crippen MR) is 111 cm³/mol. The number of hydrogen-bond donors (Lipinski definition) is 1. The van der Waals surface area contributed by atoms with Crippen LogP contribution in [0, 0.1) is 5.92 Å². The van der Waals surface area contributed by atoms with Crippen LogP contribution in [0.2, 0.25) is 5.02 Å². The van der Waals surface area contributed by atoms with Gasteiger partial charge in [-0.2, -0.15) is 0 Å². The van der Waals surface area contributed by atoms with E-state index in [0.717, 1.165) is 29.9 Å². The number of piperidine rings is 1. The van der Waals surface area contributed by atoms with Crippen molar-refractivity contribution in [3.63, 3.8) is 0 Å². The minimum absolute atomic E-state index is 0.0509. The first-order valence-electron chi connectivity index (χ1n) is 9.47. The number of likely N-dealkylation sites (N-methyl/N-ethyl adjacent to an activating group) is 1. The molecule has 0 atom stereocenters. The molecule has 1 aliphatic rings. The highest BCUT2D eigenvalue weighted by Crippen LogP contribution is 2.24. The maximum atomic E-state index is 12.5. The van der Waals surface area contributed by atoms with Gasteiger partial charge in [0.15, 0.2) is 0 Å². The summed E-state index contributed by atoms with van der Waals surface area (Å²) in [5, 5.41) is 9.81. The van der Waals surface area contributed by atoms with E-state index in [1.54, 1.807) is 17.0 Å². The Labute approximate surface area is 170 Å². The van der Waals surface area contributed by atoms with E-state index in [1.807, 2.05) is 37.4 Å². The second-order valence-corrected chi connectivity index (χ2v) is 7.76. The third kappa shape index (κ3) is 5.26. The van der Waals surface area contributed by atoms with E-state index < -0.39 is 5.97 Å². The summed E-state index contributed by atoms with van der Waals surface area (Å²) in [5.41, 5.74) is 3.08. The first kappa shape index (κ1) is 20.2. The zero-order chi connectivity index (χ0) is 20.1. The van der Waals surface area contributed by atoms with Crippen molar-refractivity contribution in [1.29, 1.82) is 0 Å². The highest BCUT2D eigenvalue weighted by molar-refractivity contribution is 6.30. The highest BCUT2D eigenvalue weighted by Gasteiger charge is 2.24. The smallest absolute Gasteiger partial charge is 0.306 e. The lowest BCUT2D eigenvalue weighted by Gasteiger charge is -2.32. The number of nitrogens with zero attached hydrogens (tertiary/aromatic N) is 2. The first-order chi connectivity index (χ1) is 13.4. The molecule has 0 bridgehead atoms. The maximum absolute atomic E-state index is 12.5. The monoisotopic (exact) mass is 400 g/mol. The van der Waals surface area contributed by atoms with Gasteiger partial charge in [-0.15, -0.1) is 0 Å². The van der Waals surface area contributed by atoms with Gasteiger partial charge in [-0.1, -0.05) is 35.9 Å². The van der Waals surface area contributed by atoms with Gasteiger partial charge in [0, 0.05) is 37.4 Å². The fraction of sp³-hybridized carbons (Fsp3) is 0.364. The lowest BCUT2D eigenvalue weighted by atomic mass is 9.96. The molecule has 0 spiro atoms. The van der Waals surface area contributed by atoms with Crippen LogP contribution < -0.4 is 4.90 Å². The third-order valence-electron chi connectivity index (χ3n) is 5.23. The summed E-state index contributed by atoms with van der Waals surface area (Å²) in [6.07, 6.45) is 1.67. The number of benzene rings is 2. The average Bonchev–Trinajstić information content (AvgIpc) is 2.70. The molecule has 5 nitrogen and oxygen atoms in total. The lowest BCUT2D eigenvalue weighted by Crippen LogP contribution is -2.36. The summed E-state index contributed by atoms with van der Waals surface area (Å²) >= 11 is 5.89. The summed E-state index contributed by atoms with van der Waals surface area (Å²) < 4.78 is 0. The number of rotatable bonds is 6. The zero-order valence-electron chi connectivity index (χ0n) is 16.0. The average molecular weight is 401 g/mol. The van der Waals surface area contributed by atoms with E-state index in [4.69, 9.17) is 16.7 Å². The molecular formula is C22H25ClN2O3. The number of amides is 1. The van der Waals surface area contributed by atoms with Gasteiger partial charge in [0.2, 0.25) is 5.91 Å². The Kier molecular flexibility index (Phi) is 6.57. The molecule has 1 fully saturated rings. The Morgan fingerprint density at radius 1 is 1.11 bits per heavy atom. The predicted octanol–water partition coefficient (Wildman–Crippen LogP) is 3.84. The largest absolute Gasteiger partial charge is 0.481 e. The van der Waals surface area contributed by atoms with Gasteiger partial charge in [-0.3, -0.25) is 9.59 Å². The Bertz CT molecular complexity index is 830. The zero-order valence-corrected chi connectivity index (χ0v) is 16.7. The Morgan fingerprint density at radius 2 is 1.79 bits per heavy atom. The van der Waals surface area contributed by atoms with Crippen molar-refractivity contribution in [1.82, 2.24) is 4.90 Å². The maximum Gasteiger partial charge on any atom is 0.306 e. The van der Waals surface area contributed by atoms with E-state index in [9.17, 15) is 9.59 Å². The van der Waals surface area contributed by atoms with Crippen LogP contribution in [-0.4, -0.2) is 42.0 Å². The summed E-state index contributed by atoms with van der Waals surface area (Å²) in [7, 11) is 1.81. The number of carbonyl (C=O) groups is 2. The number of halogens is 1. The van der Waals surface area contributed by atoms with Gasteiger partial charge in [0.1, 0.15) is 0 Å². The number of carboxylic acid groups (broad SMARTS) is 1. The van der Waals surface area contributed by atoms with Crippen molar-refractivity contribution in [3.8, 4) is 0 Å². The molecule has 28 heavy (non-hydrogen) atoms. The molecule has 1 amide bonds. The van der Waals surface area contributed by atoms with Crippen LogP contribution in [0.15, 0.2) is 48.5 Å². The normalized spacial score (nSPS) is 14.7. The summed E-state index contributed by atoms with van der Waals surface area (Å²) in [5.74, 6) is -0.889. The molecule has 6 heteroatoms. The Hall–Kier alpha value is -2.53. The first-order valence-corrected chi connectivity index (χ1v) is 9.85. The molecule has 1 N–H and O–H groups in total. The van der Waals surface area contributed by atoms with Crippen LogP contribution in [0.25, 0.3) is 0 Å². The number of aliphatic carboxylic acids is 1. The molecule has 2 aromatic carbocycles. The van der Waals surface area contributed by atoms with E-state index in [1.165, 1.54) is 0 Å². The molecule has 1 heterocycles. The van der Waals surface area contributed by atoms with Gasteiger partial charge < -0.3 is 14.9 Å². The van der Waals surface area contributed by atoms with Gasteiger partial charge in [-0.05, 0) is 48.2 Å². The SMILES string of the molecule is CN(Cc1cccc(N2CCC(C(=O)O)CC2)c1)C(=O)Cc1ccc(Cl)cc1. The molecule has 0 aromatic heterocycles. The lowest BCUT2D eigenvalue weighted by molar-refractivity contribution is -0.142. The van der Waals surface area contributed by atoms with Crippen molar-refractivity contribution in [2.24, 2.45) is 5.92 Å². The molecule has 0 unspecified atom stereocenters. The minimum Gasteiger partial charge on any atom is -0.481 e. The molecule has 0 aliphatic carbocycles. The Balaban J connectivity index is 1.58. The van der Waals surface area contributed by atoms with Crippen LogP contribution in [-0.2, 0) is 22.6 Å². The fourth-order valence-corrected chi connectivity index (χ4v) is 3.64. The summed E-state index contributed by atoms with van der Waals surface area (Å²) in [6.45, 7) is 2.02. The van der Waals surface area contributed by atoms with Crippen molar-refractivity contribution < 1.29 is 14.7 Å². The number of carboxylic acids is 1. The number of hydrogen-bond acceptors (Lipinski definition) is 3. The molecule has 1 aliphatic heterocycles. The summed E-state index contributed by atoms with van der Waals surface area (Å²) in [4.78, 5) is 27.6. The van der Waals surface area contributed by atoms with Gasteiger partial charge in [0.05, 0.1) is 12.3 Å². The van der Waals surface area contributed by atoms with Crippen molar-refractivity contribution in [2.75, 3.05) is 25.0 Å². The molecule has 1 saturated heterocycles. The number of carbonyl (C=O) groups excluding carboxylic acids is 1. The van der Waals surface area contributed by atoms with Gasteiger partial charge in [-0.25, -0.2) is 0 Å². The third-order valence-corrected chi connectivity index (χ3v) is 5.49. The van der Waals surface area contributed by atoms with Crippen molar-refractivity contribution in [3.05, 3.63) is 64.7 Å².